The summed E-state index contributed by atoms with van der Waals surface area (Å²) in [4.78, 5) is 12.1. The van der Waals surface area contributed by atoms with Gasteiger partial charge in [-0.15, -0.1) is 0 Å². The highest BCUT2D eigenvalue weighted by Gasteiger charge is 2.49. The molecule has 0 saturated heterocycles. The fourth-order valence-corrected chi connectivity index (χ4v) is 7.55. The highest BCUT2D eigenvalue weighted by Crippen LogP contribution is 2.40. The summed E-state index contributed by atoms with van der Waals surface area (Å²) in [5, 5.41) is 21.2. The van der Waals surface area contributed by atoms with E-state index >= 15 is 0 Å². The Labute approximate surface area is 158 Å². The van der Waals surface area contributed by atoms with E-state index in [1.165, 1.54) is 0 Å². The first-order valence-corrected chi connectivity index (χ1v) is 11.3. The Morgan fingerprint density at radius 2 is 1.23 bits per heavy atom. The third-order valence-corrected chi connectivity index (χ3v) is 10.1. The van der Waals surface area contributed by atoms with Gasteiger partial charge in [0.1, 0.15) is 0 Å². The first-order valence-electron chi connectivity index (χ1n) is 9.40. The van der Waals surface area contributed by atoms with Crippen LogP contribution in [0.25, 0.3) is 0 Å². The summed E-state index contributed by atoms with van der Waals surface area (Å²) in [6, 6.07) is 20.0. The van der Waals surface area contributed by atoms with Crippen molar-refractivity contribution in [2.75, 3.05) is 6.61 Å². The van der Waals surface area contributed by atoms with E-state index in [-0.39, 0.29) is 11.6 Å². The Balaban J connectivity index is 2.30. The molecular formula is C22H32O3Si. The van der Waals surface area contributed by atoms with Crippen molar-refractivity contribution >= 4 is 18.7 Å². The lowest BCUT2D eigenvalue weighted by atomic mass is 9.93. The molecule has 2 rings (SSSR count). The van der Waals surface area contributed by atoms with Gasteiger partial charge in [0.2, 0.25) is 0 Å². The molecule has 1 unspecified atom stereocenters. The van der Waals surface area contributed by atoms with Gasteiger partial charge >= 0.3 is 0 Å². The molecule has 0 aliphatic carbocycles. The monoisotopic (exact) mass is 372 g/mol. The van der Waals surface area contributed by atoms with Crippen LogP contribution < -0.4 is 10.4 Å². The molecule has 0 radical (unpaired) electrons. The molecule has 2 aromatic carbocycles. The molecule has 3 nitrogen and oxygen atoms in total. The van der Waals surface area contributed by atoms with E-state index in [0.29, 0.717) is 12.8 Å². The number of hydrogen-bond donors (Lipinski definition) is 3. The van der Waals surface area contributed by atoms with Crippen LogP contribution in [0.1, 0.15) is 46.5 Å². The van der Waals surface area contributed by atoms with Crippen LogP contribution in [0, 0.1) is 0 Å². The zero-order chi connectivity index (χ0) is 19.3. The minimum Gasteiger partial charge on any atom is -0.424 e. The summed E-state index contributed by atoms with van der Waals surface area (Å²) in [6.07, 6.45) is 2.60. The number of benzene rings is 2. The van der Waals surface area contributed by atoms with Crippen molar-refractivity contribution in [1.29, 1.82) is 0 Å². The highest BCUT2D eigenvalue weighted by atomic mass is 28.4. The Morgan fingerprint density at radius 1 is 0.769 bits per heavy atom. The summed E-state index contributed by atoms with van der Waals surface area (Å²) >= 11 is 0. The fraction of sp³-hybridized carbons (Fsp3) is 0.455. The van der Waals surface area contributed by atoms with Crippen molar-refractivity contribution in [3.05, 3.63) is 60.7 Å². The van der Waals surface area contributed by atoms with Crippen LogP contribution in [0.2, 0.25) is 5.04 Å². The smallest absolute Gasteiger partial charge is 0.258 e. The summed E-state index contributed by atoms with van der Waals surface area (Å²) < 4.78 is 0. The van der Waals surface area contributed by atoms with Gasteiger partial charge in [-0.05, 0) is 41.6 Å². The maximum absolute atomic E-state index is 12.1. The van der Waals surface area contributed by atoms with Gasteiger partial charge in [0.05, 0.1) is 5.60 Å². The molecule has 26 heavy (non-hydrogen) atoms. The second kappa shape index (κ2) is 8.48. The molecule has 0 fully saturated rings. The standard InChI is InChI=1S/C22H32O3Si/c1-21(2,15-10-16-22(3,24)17-18-23)26(25,19-11-6-4-7-12-19)20-13-8-5-9-14-20/h4-9,11-14,23-25H,10,15-18H2,1-3H3. The molecule has 0 heterocycles. The lowest BCUT2D eigenvalue weighted by Gasteiger charge is -2.41. The maximum Gasteiger partial charge on any atom is 0.258 e. The highest BCUT2D eigenvalue weighted by molar-refractivity contribution is 6.98. The van der Waals surface area contributed by atoms with Gasteiger partial charge in [-0.25, -0.2) is 0 Å². The van der Waals surface area contributed by atoms with Gasteiger partial charge < -0.3 is 15.0 Å². The lowest BCUT2D eigenvalue weighted by Crippen LogP contribution is -2.65. The van der Waals surface area contributed by atoms with Crippen LogP contribution in [0.4, 0.5) is 0 Å². The van der Waals surface area contributed by atoms with Crippen molar-refractivity contribution in [3.8, 4) is 0 Å². The SMILES string of the molecule is CC(O)(CCO)CCCC(C)(C)[Si](O)(c1ccccc1)c1ccccc1. The quantitative estimate of drug-likeness (QED) is 0.593. The Bertz CT molecular complexity index is 629. The lowest BCUT2D eigenvalue weighted by molar-refractivity contribution is 0.0226. The van der Waals surface area contributed by atoms with Crippen molar-refractivity contribution in [1.82, 2.24) is 0 Å². The second-order valence-electron chi connectivity index (χ2n) is 8.15. The zero-order valence-electron chi connectivity index (χ0n) is 16.2. The predicted octanol–water partition coefficient (Wildman–Crippen LogP) is 2.82. The number of hydrogen-bond acceptors (Lipinski definition) is 3. The van der Waals surface area contributed by atoms with Gasteiger partial charge in [0, 0.05) is 6.61 Å². The Hall–Kier alpha value is -1.46. The molecule has 0 saturated carbocycles. The first-order chi connectivity index (χ1) is 12.2. The van der Waals surface area contributed by atoms with Crippen molar-refractivity contribution in [2.24, 2.45) is 0 Å². The van der Waals surface area contributed by atoms with Crippen LogP contribution >= 0.6 is 0 Å². The summed E-state index contributed by atoms with van der Waals surface area (Å²) in [5.74, 6) is 0. The van der Waals surface area contributed by atoms with E-state index in [0.717, 1.165) is 23.2 Å². The van der Waals surface area contributed by atoms with Crippen LogP contribution in [-0.2, 0) is 0 Å². The summed E-state index contributed by atoms with van der Waals surface area (Å²) in [7, 11) is -2.98. The zero-order valence-corrected chi connectivity index (χ0v) is 17.2. The third kappa shape index (κ3) is 4.63. The van der Waals surface area contributed by atoms with Crippen LogP contribution in [0.15, 0.2) is 60.7 Å². The fourth-order valence-electron chi connectivity index (χ4n) is 3.76. The molecule has 0 aliphatic rings. The predicted molar refractivity (Wildman–Crippen MR) is 110 cm³/mol. The second-order valence-corrected chi connectivity index (χ2v) is 12.1. The minimum absolute atomic E-state index is 0.0108. The van der Waals surface area contributed by atoms with Crippen LogP contribution in [0.3, 0.4) is 0 Å². The van der Waals surface area contributed by atoms with E-state index in [4.69, 9.17) is 5.11 Å². The Morgan fingerprint density at radius 3 is 1.65 bits per heavy atom. The number of rotatable bonds is 9. The molecule has 0 amide bonds. The van der Waals surface area contributed by atoms with E-state index in [1.54, 1.807) is 6.92 Å². The topological polar surface area (TPSA) is 60.7 Å². The van der Waals surface area contributed by atoms with Gasteiger partial charge in [0.25, 0.3) is 8.32 Å². The first kappa shape index (κ1) is 20.8. The molecule has 142 valence electrons. The normalized spacial score (nSPS) is 14.8. The molecule has 4 heteroatoms. The van der Waals surface area contributed by atoms with Crippen molar-refractivity contribution in [3.63, 3.8) is 0 Å². The average Bonchev–Trinajstić information content (AvgIpc) is 2.62. The molecule has 0 aromatic heterocycles. The molecular weight excluding hydrogens is 340 g/mol. The third-order valence-electron chi connectivity index (χ3n) is 5.53. The average molecular weight is 373 g/mol. The molecule has 2 aromatic rings. The molecule has 1 atom stereocenters. The maximum atomic E-state index is 12.1. The van der Waals surface area contributed by atoms with Crippen molar-refractivity contribution < 1.29 is 15.0 Å². The molecule has 0 bridgehead atoms. The van der Waals surface area contributed by atoms with E-state index in [2.05, 4.69) is 13.8 Å². The summed E-state index contributed by atoms with van der Waals surface area (Å²) in [5.41, 5.74) is -0.857. The van der Waals surface area contributed by atoms with Crippen LogP contribution in [-0.4, -0.2) is 35.5 Å². The van der Waals surface area contributed by atoms with Gasteiger partial charge in [-0.1, -0.05) is 80.9 Å². The van der Waals surface area contributed by atoms with Gasteiger partial charge in [-0.2, -0.15) is 0 Å². The largest absolute Gasteiger partial charge is 0.424 e. The van der Waals surface area contributed by atoms with Crippen molar-refractivity contribution in [2.45, 2.75) is 57.1 Å². The molecule has 0 spiro atoms. The number of aliphatic hydroxyl groups excluding tert-OH is 1. The van der Waals surface area contributed by atoms with E-state index in [9.17, 15) is 9.90 Å². The minimum atomic E-state index is -2.98. The van der Waals surface area contributed by atoms with E-state index in [1.807, 2.05) is 60.7 Å². The number of aliphatic hydroxyl groups is 2. The van der Waals surface area contributed by atoms with Gasteiger partial charge in [-0.3, -0.25) is 0 Å². The van der Waals surface area contributed by atoms with Gasteiger partial charge in [0.15, 0.2) is 0 Å². The van der Waals surface area contributed by atoms with E-state index < -0.39 is 13.9 Å². The Kier molecular flexibility index (Phi) is 6.80. The molecule has 3 N–H and O–H groups in total. The van der Waals surface area contributed by atoms with Crippen LogP contribution in [0.5, 0.6) is 0 Å². The summed E-state index contributed by atoms with van der Waals surface area (Å²) in [6.45, 7) is 6.04. The molecule has 0 aliphatic heterocycles.